The number of carbonyl (C=O) groups is 1. The highest BCUT2D eigenvalue weighted by molar-refractivity contribution is 5.77. The lowest BCUT2D eigenvalue weighted by molar-refractivity contribution is -0.145. The van der Waals surface area contributed by atoms with E-state index in [1.165, 1.54) is 11.1 Å². The Morgan fingerprint density at radius 2 is 1.45 bits per heavy atom. The fourth-order valence-corrected chi connectivity index (χ4v) is 3.36. The van der Waals surface area contributed by atoms with Crippen LogP contribution in [0.1, 0.15) is 35.8 Å². The maximum absolute atomic E-state index is 12.1. The molecule has 0 bridgehead atoms. The molecule has 4 atom stereocenters. The summed E-state index contributed by atoms with van der Waals surface area (Å²) in [5, 5.41) is 0. The molecule has 0 spiro atoms. The molecule has 2 aliphatic carbocycles. The molecule has 0 amide bonds. The second-order valence-electron chi connectivity index (χ2n) is 6.50. The number of ether oxygens (including phenoxy) is 1. The summed E-state index contributed by atoms with van der Waals surface area (Å²) in [6.07, 6.45) is 2.08. The van der Waals surface area contributed by atoms with Crippen LogP contribution in [0.4, 0.5) is 0 Å². The molecule has 0 radical (unpaired) electrons. The lowest BCUT2D eigenvalue weighted by atomic mass is 10.1. The first-order chi connectivity index (χ1) is 10.8. The maximum atomic E-state index is 12.1. The van der Waals surface area contributed by atoms with Gasteiger partial charge in [-0.05, 0) is 35.8 Å². The molecule has 0 saturated heterocycles. The van der Waals surface area contributed by atoms with Gasteiger partial charge in [0.25, 0.3) is 0 Å². The lowest BCUT2D eigenvalue weighted by Gasteiger charge is -2.05. The van der Waals surface area contributed by atoms with Crippen molar-refractivity contribution in [1.82, 2.24) is 0 Å². The predicted molar refractivity (Wildman–Crippen MR) is 85.5 cm³/mol. The van der Waals surface area contributed by atoms with Crippen LogP contribution in [0, 0.1) is 11.8 Å². The molecule has 0 N–H and O–H groups in total. The van der Waals surface area contributed by atoms with Gasteiger partial charge in [-0.1, -0.05) is 60.7 Å². The van der Waals surface area contributed by atoms with Crippen LogP contribution in [0.25, 0.3) is 0 Å². The van der Waals surface area contributed by atoms with Crippen molar-refractivity contribution in [3.8, 4) is 0 Å². The molecule has 4 unspecified atom stereocenters. The van der Waals surface area contributed by atoms with E-state index in [-0.39, 0.29) is 11.9 Å². The van der Waals surface area contributed by atoms with E-state index in [1.807, 2.05) is 24.3 Å². The first kappa shape index (κ1) is 13.6. The van der Waals surface area contributed by atoms with E-state index < -0.39 is 0 Å². The van der Waals surface area contributed by atoms with Crippen molar-refractivity contribution < 1.29 is 9.53 Å². The van der Waals surface area contributed by atoms with E-state index in [2.05, 4.69) is 36.4 Å². The van der Waals surface area contributed by atoms with E-state index in [4.69, 9.17) is 4.74 Å². The van der Waals surface area contributed by atoms with Crippen LogP contribution in [-0.4, -0.2) is 12.6 Å². The summed E-state index contributed by atoms with van der Waals surface area (Å²) in [4.78, 5) is 12.1. The molecule has 0 heterocycles. The van der Waals surface area contributed by atoms with Crippen molar-refractivity contribution in [3.05, 3.63) is 71.8 Å². The Bertz CT molecular complexity index is 650. The van der Waals surface area contributed by atoms with Crippen LogP contribution in [0.2, 0.25) is 0 Å². The number of hydrogen-bond donors (Lipinski definition) is 0. The van der Waals surface area contributed by atoms with Gasteiger partial charge in [0.2, 0.25) is 0 Å². The van der Waals surface area contributed by atoms with Gasteiger partial charge in [-0.25, -0.2) is 0 Å². The third-order valence-electron chi connectivity index (χ3n) is 4.91. The van der Waals surface area contributed by atoms with Crippen molar-refractivity contribution in [2.45, 2.75) is 24.7 Å². The summed E-state index contributed by atoms with van der Waals surface area (Å²) < 4.78 is 5.55. The predicted octanol–water partition coefficient (Wildman–Crippen LogP) is 4.14. The van der Waals surface area contributed by atoms with Gasteiger partial charge in [-0.3, -0.25) is 4.79 Å². The Balaban J connectivity index is 1.25. The molecule has 22 heavy (non-hydrogen) atoms. The third kappa shape index (κ3) is 2.78. The van der Waals surface area contributed by atoms with E-state index in [0.717, 1.165) is 12.8 Å². The monoisotopic (exact) mass is 292 g/mol. The summed E-state index contributed by atoms with van der Waals surface area (Å²) in [6.45, 7) is 0.580. The minimum absolute atomic E-state index is 0.00688. The average Bonchev–Trinajstić information content (AvgIpc) is 3.48. The Morgan fingerprint density at radius 1 is 0.864 bits per heavy atom. The summed E-state index contributed by atoms with van der Waals surface area (Å²) in [5.41, 5.74) is 2.63. The van der Waals surface area contributed by atoms with Crippen molar-refractivity contribution >= 4 is 5.97 Å². The molecule has 2 aromatic rings. The van der Waals surface area contributed by atoms with Crippen LogP contribution in [0.5, 0.6) is 0 Å². The van der Waals surface area contributed by atoms with Gasteiger partial charge in [0, 0.05) is 5.92 Å². The molecule has 2 aromatic carbocycles. The zero-order valence-corrected chi connectivity index (χ0v) is 12.5. The molecular weight excluding hydrogens is 272 g/mol. The van der Waals surface area contributed by atoms with Gasteiger partial charge in [-0.15, -0.1) is 0 Å². The van der Waals surface area contributed by atoms with Crippen LogP contribution < -0.4 is 0 Å². The molecule has 2 saturated carbocycles. The standard InChI is InChI=1S/C20H20O2/c21-20(19-12-18(19)15-9-5-2-6-10-15)22-13-16-11-17(16)14-7-3-1-4-8-14/h1-10,16-19H,11-13H2. The third-order valence-corrected chi connectivity index (χ3v) is 4.91. The second-order valence-corrected chi connectivity index (χ2v) is 6.50. The highest BCUT2D eigenvalue weighted by Crippen LogP contribution is 2.50. The van der Waals surface area contributed by atoms with E-state index in [0.29, 0.717) is 24.4 Å². The molecule has 4 rings (SSSR count). The quantitative estimate of drug-likeness (QED) is 0.774. The number of carbonyl (C=O) groups excluding carboxylic acids is 1. The van der Waals surface area contributed by atoms with Gasteiger partial charge in [0.1, 0.15) is 0 Å². The molecule has 112 valence electrons. The second kappa shape index (κ2) is 5.60. The highest BCUT2D eigenvalue weighted by atomic mass is 16.5. The van der Waals surface area contributed by atoms with E-state index in [9.17, 15) is 4.79 Å². The van der Waals surface area contributed by atoms with Gasteiger partial charge >= 0.3 is 5.97 Å². The van der Waals surface area contributed by atoms with Gasteiger partial charge in [0.15, 0.2) is 0 Å². The topological polar surface area (TPSA) is 26.3 Å². The van der Waals surface area contributed by atoms with Gasteiger partial charge in [-0.2, -0.15) is 0 Å². The molecule has 2 aliphatic rings. The lowest BCUT2D eigenvalue weighted by Crippen LogP contribution is -2.10. The molecule has 0 aromatic heterocycles. The number of hydrogen-bond acceptors (Lipinski definition) is 2. The molecule has 0 aliphatic heterocycles. The zero-order chi connectivity index (χ0) is 14.9. The SMILES string of the molecule is O=C(OCC1CC1c1ccccc1)C1CC1c1ccccc1. The minimum Gasteiger partial charge on any atom is -0.465 e. The maximum Gasteiger partial charge on any atom is 0.309 e. The number of esters is 1. The van der Waals surface area contributed by atoms with Crippen molar-refractivity contribution in [2.24, 2.45) is 11.8 Å². The smallest absolute Gasteiger partial charge is 0.309 e. The largest absolute Gasteiger partial charge is 0.465 e. The Morgan fingerprint density at radius 3 is 2.09 bits per heavy atom. The number of rotatable bonds is 5. The van der Waals surface area contributed by atoms with E-state index in [1.54, 1.807) is 0 Å². The fraction of sp³-hybridized carbons (Fsp3) is 0.350. The molecular formula is C20H20O2. The van der Waals surface area contributed by atoms with Crippen LogP contribution in [-0.2, 0) is 9.53 Å². The minimum atomic E-state index is -0.00688. The van der Waals surface area contributed by atoms with E-state index >= 15 is 0 Å². The normalized spacial score (nSPS) is 28.9. The average molecular weight is 292 g/mol. The molecule has 2 nitrogen and oxygen atoms in total. The molecule has 2 fully saturated rings. The van der Waals surface area contributed by atoms with Crippen LogP contribution >= 0.6 is 0 Å². The first-order valence-corrected chi connectivity index (χ1v) is 8.09. The summed E-state index contributed by atoms with van der Waals surface area (Å²) in [7, 11) is 0. The Hall–Kier alpha value is -2.09. The van der Waals surface area contributed by atoms with Crippen LogP contribution in [0.3, 0.4) is 0 Å². The van der Waals surface area contributed by atoms with Crippen molar-refractivity contribution in [3.63, 3.8) is 0 Å². The summed E-state index contributed by atoms with van der Waals surface area (Å²) in [6, 6.07) is 20.8. The highest BCUT2D eigenvalue weighted by Gasteiger charge is 2.46. The Labute approximate surface area is 131 Å². The molecule has 2 heteroatoms. The fourth-order valence-electron chi connectivity index (χ4n) is 3.36. The van der Waals surface area contributed by atoms with Crippen LogP contribution in [0.15, 0.2) is 60.7 Å². The van der Waals surface area contributed by atoms with Crippen molar-refractivity contribution in [2.75, 3.05) is 6.61 Å². The summed E-state index contributed by atoms with van der Waals surface area (Å²) >= 11 is 0. The summed E-state index contributed by atoms with van der Waals surface area (Å²) in [5.74, 6) is 1.54. The van der Waals surface area contributed by atoms with Gasteiger partial charge in [0.05, 0.1) is 12.5 Å². The van der Waals surface area contributed by atoms with Crippen molar-refractivity contribution in [1.29, 1.82) is 0 Å². The Kier molecular flexibility index (Phi) is 3.45. The zero-order valence-electron chi connectivity index (χ0n) is 12.5. The number of benzene rings is 2. The first-order valence-electron chi connectivity index (χ1n) is 8.09. The van der Waals surface area contributed by atoms with Gasteiger partial charge < -0.3 is 4.74 Å².